The average molecular weight is 219 g/mol. The summed E-state index contributed by atoms with van der Waals surface area (Å²) >= 11 is 5.62. The van der Waals surface area contributed by atoms with Crippen molar-refractivity contribution in [1.82, 2.24) is 4.98 Å². The molecular weight excluding hydrogens is 211 g/mol. The zero-order chi connectivity index (χ0) is 10.7. The molecule has 1 atom stereocenters. The molecule has 0 radical (unpaired) electrons. The van der Waals surface area contributed by atoms with Gasteiger partial charge < -0.3 is 10.8 Å². The third-order valence-electron chi connectivity index (χ3n) is 1.63. The van der Waals surface area contributed by atoms with Crippen molar-refractivity contribution in [2.75, 3.05) is 0 Å². The second-order valence-electron chi connectivity index (χ2n) is 2.74. The Kier molecular flexibility index (Phi) is 3.38. The molecule has 0 saturated carbocycles. The second-order valence-corrected chi connectivity index (χ2v) is 3.10. The van der Waals surface area contributed by atoms with E-state index in [1.165, 1.54) is 0 Å². The van der Waals surface area contributed by atoms with Crippen LogP contribution < -0.4 is 5.73 Å². The molecule has 0 fully saturated rings. The highest BCUT2D eigenvalue weighted by molar-refractivity contribution is 6.30. The first-order valence-corrected chi connectivity index (χ1v) is 4.17. The maximum absolute atomic E-state index is 12.7. The van der Waals surface area contributed by atoms with Crippen molar-refractivity contribution < 1.29 is 14.3 Å². The number of hydrogen-bond acceptors (Lipinski definition) is 3. The zero-order valence-electron chi connectivity index (χ0n) is 7.08. The SMILES string of the molecule is N[C@H](CC(=O)O)c1cc(F)cnc1Cl. The molecule has 0 aliphatic carbocycles. The van der Waals surface area contributed by atoms with Gasteiger partial charge in [-0.25, -0.2) is 9.37 Å². The number of rotatable bonds is 3. The summed E-state index contributed by atoms with van der Waals surface area (Å²) in [5.41, 5.74) is 5.70. The van der Waals surface area contributed by atoms with Crippen LogP contribution in [0.15, 0.2) is 12.3 Å². The Morgan fingerprint density at radius 1 is 1.79 bits per heavy atom. The molecule has 1 heterocycles. The number of carbonyl (C=O) groups is 1. The third-order valence-corrected chi connectivity index (χ3v) is 1.94. The van der Waals surface area contributed by atoms with E-state index in [1.54, 1.807) is 0 Å². The summed E-state index contributed by atoms with van der Waals surface area (Å²) in [6, 6.07) is 0.242. The highest BCUT2D eigenvalue weighted by Crippen LogP contribution is 2.21. The summed E-state index contributed by atoms with van der Waals surface area (Å²) < 4.78 is 12.7. The van der Waals surface area contributed by atoms with Gasteiger partial charge in [0.2, 0.25) is 0 Å². The van der Waals surface area contributed by atoms with E-state index in [-0.39, 0.29) is 17.1 Å². The highest BCUT2D eigenvalue weighted by Gasteiger charge is 2.15. The lowest BCUT2D eigenvalue weighted by Gasteiger charge is -2.10. The molecule has 0 amide bonds. The summed E-state index contributed by atoms with van der Waals surface area (Å²) in [7, 11) is 0. The van der Waals surface area contributed by atoms with Crippen LogP contribution in [-0.2, 0) is 4.79 Å². The zero-order valence-corrected chi connectivity index (χ0v) is 7.83. The molecule has 0 saturated heterocycles. The fourth-order valence-electron chi connectivity index (χ4n) is 0.996. The van der Waals surface area contributed by atoms with Gasteiger partial charge >= 0.3 is 5.97 Å². The van der Waals surface area contributed by atoms with E-state index in [0.717, 1.165) is 12.3 Å². The van der Waals surface area contributed by atoms with Crippen molar-refractivity contribution in [1.29, 1.82) is 0 Å². The van der Waals surface area contributed by atoms with Crippen molar-refractivity contribution >= 4 is 17.6 Å². The molecule has 76 valence electrons. The van der Waals surface area contributed by atoms with Gasteiger partial charge in [-0.1, -0.05) is 11.6 Å². The molecule has 14 heavy (non-hydrogen) atoms. The number of halogens is 2. The number of aliphatic carboxylic acids is 1. The molecule has 0 aromatic carbocycles. The van der Waals surface area contributed by atoms with Crippen LogP contribution in [0.5, 0.6) is 0 Å². The lowest BCUT2D eigenvalue weighted by atomic mass is 10.1. The van der Waals surface area contributed by atoms with Crippen LogP contribution in [0.3, 0.4) is 0 Å². The van der Waals surface area contributed by atoms with Gasteiger partial charge in [0, 0.05) is 11.6 Å². The largest absolute Gasteiger partial charge is 0.481 e. The van der Waals surface area contributed by atoms with E-state index in [0.29, 0.717) is 0 Å². The molecule has 1 aromatic heterocycles. The van der Waals surface area contributed by atoms with E-state index >= 15 is 0 Å². The first-order valence-electron chi connectivity index (χ1n) is 3.79. The lowest BCUT2D eigenvalue weighted by molar-refractivity contribution is -0.137. The van der Waals surface area contributed by atoms with E-state index in [9.17, 15) is 9.18 Å². The minimum Gasteiger partial charge on any atom is -0.481 e. The summed E-state index contributed by atoms with van der Waals surface area (Å²) in [6.45, 7) is 0. The molecule has 0 unspecified atom stereocenters. The smallest absolute Gasteiger partial charge is 0.305 e. The fourth-order valence-corrected chi connectivity index (χ4v) is 1.24. The predicted molar refractivity (Wildman–Crippen MR) is 48.4 cm³/mol. The van der Waals surface area contributed by atoms with Crippen molar-refractivity contribution in [3.05, 3.63) is 28.8 Å². The number of carboxylic acids is 1. The molecule has 4 nitrogen and oxygen atoms in total. The Balaban J connectivity index is 2.93. The molecule has 6 heteroatoms. The van der Waals surface area contributed by atoms with Gasteiger partial charge in [0.15, 0.2) is 0 Å². The summed E-state index contributed by atoms with van der Waals surface area (Å²) in [6.07, 6.45) is 0.629. The van der Waals surface area contributed by atoms with Crippen LogP contribution in [0, 0.1) is 5.82 Å². The van der Waals surface area contributed by atoms with Crippen LogP contribution in [-0.4, -0.2) is 16.1 Å². The van der Waals surface area contributed by atoms with Crippen LogP contribution in [0.25, 0.3) is 0 Å². The summed E-state index contributed by atoms with van der Waals surface area (Å²) in [4.78, 5) is 13.9. The first kappa shape index (κ1) is 10.9. The van der Waals surface area contributed by atoms with E-state index in [2.05, 4.69) is 4.98 Å². The number of hydrogen-bond donors (Lipinski definition) is 2. The number of carboxylic acid groups (broad SMARTS) is 1. The van der Waals surface area contributed by atoms with E-state index in [1.807, 2.05) is 0 Å². The van der Waals surface area contributed by atoms with Crippen LogP contribution in [0.4, 0.5) is 4.39 Å². The molecule has 3 N–H and O–H groups in total. The molecular formula is C8H8ClFN2O2. The fraction of sp³-hybridized carbons (Fsp3) is 0.250. The van der Waals surface area contributed by atoms with Crippen molar-refractivity contribution in [2.45, 2.75) is 12.5 Å². The lowest BCUT2D eigenvalue weighted by Crippen LogP contribution is -2.16. The predicted octanol–water partition coefficient (Wildman–Crippen LogP) is 1.35. The Labute approximate surface area is 84.5 Å². The maximum Gasteiger partial charge on any atom is 0.305 e. The van der Waals surface area contributed by atoms with Crippen molar-refractivity contribution in [3.63, 3.8) is 0 Å². The third kappa shape index (κ3) is 2.65. The molecule has 0 aliphatic heterocycles. The maximum atomic E-state index is 12.7. The molecule has 0 aliphatic rings. The summed E-state index contributed by atoms with van der Waals surface area (Å²) in [5, 5.41) is 8.50. The minimum absolute atomic E-state index is 0.0279. The average Bonchev–Trinajstić information content (AvgIpc) is 2.08. The Bertz CT molecular complexity index is 359. The number of aromatic nitrogens is 1. The van der Waals surface area contributed by atoms with Crippen LogP contribution >= 0.6 is 11.6 Å². The van der Waals surface area contributed by atoms with Crippen molar-refractivity contribution in [3.8, 4) is 0 Å². The second kappa shape index (κ2) is 4.34. The van der Waals surface area contributed by atoms with Gasteiger partial charge in [0.25, 0.3) is 0 Å². The van der Waals surface area contributed by atoms with E-state index in [4.69, 9.17) is 22.4 Å². The van der Waals surface area contributed by atoms with Gasteiger partial charge in [0.1, 0.15) is 11.0 Å². The van der Waals surface area contributed by atoms with Crippen LogP contribution in [0.2, 0.25) is 5.15 Å². The van der Waals surface area contributed by atoms with Gasteiger partial charge in [0.05, 0.1) is 12.6 Å². The standard InChI is InChI=1S/C8H8ClFN2O2/c9-8-5(1-4(10)3-12-8)6(11)2-7(13)14/h1,3,6H,2,11H2,(H,13,14)/t6-/m1/s1. The minimum atomic E-state index is -1.07. The highest BCUT2D eigenvalue weighted by atomic mass is 35.5. The van der Waals surface area contributed by atoms with Gasteiger partial charge in [-0.15, -0.1) is 0 Å². The Morgan fingerprint density at radius 2 is 2.43 bits per heavy atom. The first-order chi connectivity index (χ1) is 6.50. The quantitative estimate of drug-likeness (QED) is 0.751. The van der Waals surface area contributed by atoms with Gasteiger partial charge in [-0.3, -0.25) is 4.79 Å². The summed E-state index contributed by atoms with van der Waals surface area (Å²) in [5.74, 6) is -1.66. The topological polar surface area (TPSA) is 76.2 Å². The van der Waals surface area contributed by atoms with Crippen LogP contribution in [0.1, 0.15) is 18.0 Å². The molecule has 1 aromatic rings. The van der Waals surface area contributed by atoms with E-state index < -0.39 is 17.8 Å². The number of pyridine rings is 1. The monoisotopic (exact) mass is 218 g/mol. The number of nitrogens with zero attached hydrogens (tertiary/aromatic N) is 1. The van der Waals surface area contributed by atoms with Crippen molar-refractivity contribution in [2.24, 2.45) is 5.73 Å². The Hall–Kier alpha value is -1.20. The molecule has 1 rings (SSSR count). The molecule has 0 spiro atoms. The van der Waals surface area contributed by atoms with Gasteiger partial charge in [-0.05, 0) is 6.07 Å². The Morgan fingerprint density at radius 3 is 3.00 bits per heavy atom. The molecule has 0 bridgehead atoms. The van der Waals surface area contributed by atoms with Gasteiger partial charge in [-0.2, -0.15) is 0 Å². The number of nitrogens with two attached hydrogens (primary N) is 1. The normalized spacial score (nSPS) is 12.5.